The fourth-order valence-electron chi connectivity index (χ4n) is 3.14. The molecule has 0 unspecified atom stereocenters. The molecule has 1 aliphatic heterocycles. The number of benzene rings is 2. The molecule has 33 heavy (non-hydrogen) atoms. The van der Waals surface area contributed by atoms with Gasteiger partial charge >= 0.3 is 12.2 Å². The van der Waals surface area contributed by atoms with E-state index in [-0.39, 0.29) is 11.2 Å². The molecule has 2 heterocycles. The van der Waals surface area contributed by atoms with Gasteiger partial charge in [0, 0.05) is 24.5 Å². The Kier molecular flexibility index (Phi) is 6.03. The average molecular weight is 457 g/mol. The number of nitrogens with zero attached hydrogens (tertiary/aromatic N) is 2. The van der Waals surface area contributed by atoms with Crippen LogP contribution in [-0.2, 0) is 6.18 Å². The van der Waals surface area contributed by atoms with Gasteiger partial charge in [-0.15, -0.1) is 0 Å². The Morgan fingerprint density at radius 1 is 1.03 bits per heavy atom. The topological polar surface area (TPSA) is 98.8 Å². The number of carbonyl (C=O) groups excluding carboxylic acids is 1. The Bertz CT molecular complexity index is 1240. The number of pyridine rings is 1. The second kappa shape index (κ2) is 9.07. The fourth-order valence-corrected chi connectivity index (χ4v) is 3.14. The molecular weight excluding hydrogens is 439 g/mol. The van der Waals surface area contributed by atoms with E-state index in [0.29, 0.717) is 36.0 Å². The van der Waals surface area contributed by atoms with E-state index in [1.54, 1.807) is 35.2 Å². The molecule has 3 N–H and O–H groups in total. The molecule has 3 aromatic rings. The smallest absolute Gasteiger partial charge is 0.416 e. The third kappa shape index (κ3) is 5.50. The number of aromatic amines is 1. The zero-order chi connectivity index (χ0) is 23.4. The molecule has 4 rings (SSSR count). The minimum Gasteiger partial charge on any atom is -0.457 e. The maximum atomic E-state index is 13.2. The highest BCUT2D eigenvalue weighted by atomic mass is 19.4. The van der Waals surface area contributed by atoms with Gasteiger partial charge in [-0.25, -0.2) is 4.79 Å². The first-order chi connectivity index (χ1) is 15.8. The number of anilines is 3. The molecular formula is C22H18F3N5O3. The summed E-state index contributed by atoms with van der Waals surface area (Å²) < 4.78 is 45.1. The minimum atomic E-state index is -4.55. The van der Waals surface area contributed by atoms with Crippen LogP contribution >= 0.6 is 0 Å². The first-order valence-electron chi connectivity index (χ1n) is 9.80. The van der Waals surface area contributed by atoms with Crippen LogP contribution in [0.4, 0.5) is 35.0 Å². The van der Waals surface area contributed by atoms with Crippen LogP contribution in [0.2, 0.25) is 0 Å². The van der Waals surface area contributed by atoms with Crippen molar-refractivity contribution in [3.8, 4) is 11.5 Å². The van der Waals surface area contributed by atoms with E-state index in [1.807, 2.05) is 0 Å². The molecule has 11 heteroatoms. The highest BCUT2D eigenvalue weighted by Crippen LogP contribution is 2.35. The third-order valence-corrected chi connectivity index (χ3v) is 4.67. The molecule has 1 aliphatic rings. The van der Waals surface area contributed by atoms with Crippen LogP contribution in [0.5, 0.6) is 11.5 Å². The lowest BCUT2D eigenvalue weighted by Crippen LogP contribution is -2.24. The predicted octanol–water partition coefficient (Wildman–Crippen LogP) is 4.68. The summed E-state index contributed by atoms with van der Waals surface area (Å²) in [4.78, 5) is 32.0. The lowest BCUT2D eigenvalue weighted by Gasteiger charge is -2.20. The van der Waals surface area contributed by atoms with E-state index in [0.717, 1.165) is 12.1 Å². The Balaban J connectivity index is 1.46. The van der Waals surface area contributed by atoms with Crippen molar-refractivity contribution in [2.24, 2.45) is 4.99 Å². The van der Waals surface area contributed by atoms with E-state index < -0.39 is 17.8 Å². The van der Waals surface area contributed by atoms with E-state index >= 15 is 0 Å². The molecule has 0 atom stereocenters. The van der Waals surface area contributed by atoms with Gasteiger partial charge in [0.05, 0.1) is 29.8 Å². The number of rotatable bonds is 5. The Morgan fingerprint density at radius 3 is 2.48 bits per heavy atom. The van der Waals surface area contributed by atoms with E-state index in [9.17, 15) is 22.8 Å². The van der Waals surface area contributed by atoms with Crippen LogP contribution in [0, 0.1) is 0 Å². The van der Waals surface area contributed by atoms with Gasteiger partial charge in [-0.3, -0.25) is 9.79 Å². The minimum absolute atomic E-state index is 0.00456. The van der Waals surface area contributed by atoms with Gasteiger partial charge in [-0.05, 0) is 48.5 Å². The van der Waals surface area contributed by atoms with E-state index in [1.165, 1.54) is 24.7 Å². The number of amides is 2. The van der Waals surface area contributed by atoms with Crippen molar-refractivity contribution in [3.05, 3.63) is 76.7 Å². The Hall–Kier alpha value is -4.28. The molecule has 2 amide bonds. The summed E-state index contributed by atoms with van der Waals surface area (Å²) >= 11 is 0. The number of nitrogens with one attached hydrogen (secondary N) is 3. The molecule has 0 saturated carbocycles. The maximum absolute atomic E-state index is 13.2. The highest BCUT2D eigenvalue weighted by Gasteiger charge is 2.31. The first kappa shape index (κ1) is 21.9. The third-order valence-electron chi connectivity index (χ3n) is 4.67. The largest absolute Gasteiger partial charge is 0.457 e. The molecule has 8 nitrogen and oxygen atoms in total. The number of H-pyrrole nitrogens is 1. The quantitative estimate of drug-likeness (QED) is 0.518. The number of hydrogen-bond acceptors (Lipinski definition) is 5. The van der Waals surface area contributed by atoms with Crippen molar-refractivity contribution >= 4 is 29.4 Å². The predicted molar refractivity (Wildman–Crippen MR) is 118 cm³/mol. The number of ether oxygens (including phenoxy) is 1. The number of aromatic nitrogens is 1. The molecule has 170 valence electrons. The molecule has 1 aromatic heterocycles. The van der Waals surface area contributed by atoms with Crippen molar-refractivity contribution in [2.45, 2.75) is 6.18 Å². The van der Waals surface area contributed by atoms with Crippen molar-refractivity contribution in [1.29, 1.82) is 0 Å². The Morgan fingerprint density at radius 2 is 1.82 bits per heavy atom. The van der Waals surface area contributed by atoms with E-state index in [2.05, 4.69) is 20.6 Å². The van der Waals surface area contributed by atoms with Gasteiger partial charge in [-0.1, -0.05) is 0 Å². The van der Waals surface area contributed by atoms with Gasteiger partial charge in [-0.2, -0.15) is 13.2 Å². The Labute approximate surface area is 185 Å². The summed E-state index contributed by atoms with van der Waals surface area (Å²) in [5.41, 5.74) is -0.386. The van der Waals surface area contributed by atoms with E-state index in [4.69, 9.17) is 4.74 Å². The number of alkyl halides is 3. The van der Waals surface area contributed by atoms with Crippen molar-refractivity contribution in [1.82, 2.24) is 4.98 Å². The fraction of sp³-hybridized carbons (Fsp3) is 0.136. The molecule has 2 aromatic carbocycles. The number of aliphatic imine (C=N–C) groups is 1. The van der Waals surface area contributed by atoms with Crippen LogP contribution in [0.15, 0.2) is 70.6 Å². The van der Waals surface area contributed by atoms with Crippen LogP contribution in [0.3, 0.4) is 0 Å². The van der Waals surface area contributed by atoms with Gasteiger partial charge in [0.1, 0.15) is 11.5 Å². The van der Waals surface area contributed by atoms with Crippen LogP contribution in [-0.4, -0.2) is 30.4 Å². The summed E-state index contributed by atoms with van der Waals surface area (Å²) in [5, 5.41) is 5.06. The molecule has 0 bridgehead atoms. The van der Waals surface area contributed by atoms with Gasteiger partial charge in [0.25, 0.3) is 5.56 Å². The second-order valence-corrected chi connectivity index (χ2v) is 7.04. The second-order valence-electron chi connectivity index (χ2n) is 7.04. The number of urea groups is 1. The molecule has 0 spiro atoms. The molecule has 0 radical (unpaired) electrons. The average Bonchev–Trinajstić information content (AvgIpc) is 3.29. The molecule has 0 fully saturated rings. The van der Waals surface area contributed by atoms with Gasteiger partial charge in [0.15, 0.2) is 0 Å². The highest BCUT2D eigenvalue weighted by molar-refractivity contribution is 6.03. The van der Waals surface area contributed by atoms with Crippen molar-refractivity contribution in [3.63, 3.8) is 0 Å². The number of hydrogen-bond donors (Lipinski definition) is 3. The number of carbonyl (C=O) groups is 1. The SMILES string of the molecule is O=C(Nc1ccc(Oc2cc[nH]c(=O)c2)cc1)Nc1cc(C(F)(F)F)ccc1N1C=NCC1. The number of halogens is 3. The van der Waals surface area contributed by atoms with Crippen LogP contribution in [0.1, 0.15) is 5.56 Å². The van der Waals surface area contributed by atoms with Gasteiger partial charge < -0.3 is 25.3 Å². The normalized spacial score (nSPS) is 13.1. The molecule has 0 aliphatic carbocycles. The van der Waals surface area contributed by atoms with Crippen molar-refractivity contribution < 1.29 is 22.7 Å². The summed E-state index contributed by atoms with van der Waals surface area (Å²) in [6, 6.07) is 11.6. The van der Waals surface area contributed by atoms with Crippen LogP contribution in [0.25, 0.3) is 0 Å². The van der Waals surface area contributed by atoms with Crippen LogP contribution < -0.4 is 25.8 Å². The zero-order valence-corrected chi connectivity index (χ0v) is 17.0. The van der Waals surface area contributed by atoms with Gasteiger partial charge in [0.2, 0.25) is 0 Å². The molecule has 0 saturated heterocycles. The monoisotopic (exact) mass is 457 g/mol. The summed E-state index contributed by atoms with van der Waals surface area (Å²) in [7, 11) is 0. The lowest BCUT2D eigenvalue weighted by atomic mass is 10.1. The van der Waals surface area contributed by atoms with Crippen molar-refractivity contribution in [2.75, 3.05) is 28.6 Å². The summed E-state index contributed by atoms with van der Waals surface area (Å²) in [5.74, 6) is 0.778. The zero-order valence-electron chi connectivity index (χ0n) is 17.0. The summed E-state index contributed by atoms with van der Waals surface area (Å²) in [6.45, 7) is 1.01. The maximum Gasteiger partial charge on any atom is 0.416 e. The lowest BCUT2D eigenvalue weighted by molar-refractivity contribution is -0.137. The first-order valence-corrected chi connectivity index (χ1v) is 9.80. The standard InChI is InChI=1S/C22H18F3N5O3/c23-22(24,25)14-1-6-19(30-10-9-26-13-30)18(11-14)29-21(32)28-15-2-4-16(5-3-15)33-17-7-8-27-20(31)12-17/h1-8,11-13H,9-10H2,(H,27,31)(H2,28,29,32). The summed E-state index contributed by atoms with van der Waals surface area (Å²) in [6.07, 6.45) is -1.58.